The van der Waals surface area contributed by atoms with E-state index in [4.69, 9.17) is 0 Å². The average Bonchev–Trinajstić information content (AvgIpc) is 2.78. The molecule has 0 radical (unpaired) electrons. The molecule has 3 rings (SSSR count). The summed E-state index contributed by atoms with van der Waals surface area (Å²) in [5, 5.41) is 8.66. The highest BCUT2D eigenvalue weighted by atomic mass is 16.2. The normalized spacial score (nSPS) is 15.1. The topological polar surface area (TPSA) is 76.7 Å². The van der Waals surface area contributed by atoms with Gasteiger partial charge in [-0.2, -0.15) is 0 Å². The second-order valence-electron chi connectivity index (χ2n) is 9.62. The van der Waals surface area contributed by atoms with Crippen molar-refractivity contribution in [1.29, 1.82) is 0 Å². The Kier molecular flexibility index (Phi) is 8.86. The van der Waals surface area contributed by atoms with Crippen LogP contribution in [0.4, 0.5) is 10.5 Å². The van der Waals surface area contributed by atoms with Gasteiger partial charge < -0.3 is 20.9 Å². The summed E-state index contributed by atoms with van der Waals surface area (Å²) in [6.07, 6.45) is 0.915. The number of carbonyl (C=O) groups is 2. The first-order valence-electron chi connectivity index (χ1n) is 11.7. The van der Waals surface area contributed by atoms with Crippen LogP contribution in [0.5, 0.6) is 0 Å². The van der Waals surface area contributed by atoms with Gasteiger partial charge >= 0.3 is 6.03 Å². The molecular weight excluding hydrogens is 414 g/mol. The summed E-state index contributed by atoms with van der Waals surface area (Å²) in [6.45, 7) is 12.7. The van der Waals surface area contributed by atoms with Crippen molar-refractivity contribution in [2.75, 3.05) is 44.6 Å². The smallest absolute Gasteiger partial charge is 0.319 e. The first kappa shape index (κ1) is 24.7. The van der Waals surface area contributed by atoms with Gasteiger partial charge in [0.15, 0.2) is 0 Å². The lowest BCUT2D eigenvalue weighted by molar-refractivity contribution is 0.0919. The molecule has 0 bridgehead atoms. The van der Waals surface area contributed by atoms with Crippen LogP contribution in [0.25, 0.3) is 0 Å². The minimum atomic E-state index is -0.288. The van der Waals surface area contributed by atoms with Crippen molar-refractivity contribution in [3.8, 4) is 0 Å². The Morgan fingerprint density at radius 1 is 0.879 bits per heavy atom. The van der Waals surface area contributed by atoms with E-state index < -0.39 is 0 Å². The molecule has 2 aromatic rings. The van der Waals surface area contributed by atoms with Crippen LogP contribution in [-0.4, -0.2) is 66.5 Å². The minimum Gasteiger partial charge on any atom is -0.347 e. The summed E-state index contributed by atoms with van der Waals surface area (Å²) in [4.78, 5) is 29.3. The molecule has 7 heteroatoms. The van der Waals surface area contributed by atoms with Gasteiger partial charge in [0.1, 0.15) is 0 Å². The van der Waals surface area contributed by atoms with Crippen molar-refractivity contribution < 1.29 is 9.59 Å². The quantitative estimate of drug-likeness (QED) is 0.537. The number of hydrogen-bond donors (Lipinski definition) is 3. The van der Waals surface area contributed by atoms with E-state index in [0.29, 0.717) is 17.8 Å². The molecule has 33 heavy (non-hydrogen) atoms. The minimum absolute atomic E-state index is 0.126. The molecule has 3 amide bonds. The summed E-state index contributed by atoms with van der Waals surface area (Å²) in [5.41, 5.74) is 2.31. The van der Waals surface area contributed by atoms with E-state index in [1.165, 1.54) is 5.56 Å². The Morgan fingerprint density at radius 3 is 2.15 bits per heavy atom. The van der Waals surface area contributed by atoms with E-state index in [0.717, 1.165) is 45.7 Å². The monoisotopic (exact) mass is 451 g/mol. The van der Waals surface area contributed by atoms with Gasteiger partial charge in [0.05, 0.1) is 0 Å². The average molecular weight is 452 g/mol. The van der Waals surface area contributed by atoms with Gasteiger partial charge in [-0.1, -0.05) is 30.3 Å². The predicted octanol–water partition coefficient (Wildman–Crippen LogP) is 3.54. The van der Waals surface area contributed by atoms with Gasteiger partial charge in [-0.3, -0.25) is 9.69 Å². The molecule has 3 N–H and O–H groups in total. The number of nitrogens with one attached hydrogen (secondary N) is 3. The fourth-order valence-electron chi connectivity index (χ4n) is 3.81. The molecule has 1 aliphatic rings. The number of urea groups is 1. The van der Waals surface area contributed by atoms with Crippen molar-refractivity contribution in [2.24, 2.45) is 0 Å². The number of amides is 3. The third kappa shape index (κ3) is 8.86. The largest absolute Gasteiger partial charge is 0.347 e. The molecule has 0 aliphatic carbocycles. The van der Waals surface area contributed by atoms with Crippen molar-refractivity contribution in [2.45, 2.75) is 39.3 Å². The number of benzene rings is 2. The highest BCUT2D eigenvalue weighted by molar-refractivity contribution is 5.95. The lowest BCUT2D eigenvalue weighted by Crippen LogP contribution is -2.46. The standard InChI is InChI=1S/C26H37N5O2/c1-26(2,3)29-24(32)22-10-12-23(13-11-22)28-25(33)27-14-7-15-30-16-18-31(19-17-30)20-21-8-5-4-6-9-21/h4-6,8-13H,7,14-20H2,1-3H3,(H,29,32)(H2,27,28,33). The van der Waals surface area contributed by atoms with Crippen molar-refractivity contribution in [3.05, 3.63) is 65.7 Å². The van der Waals surface area contributed by atoms with Crippen LogP contribution in [0.2, 0.25) is 0 Å². The Balaban J connectivity index is 1.29. The molecule has 1 saturated heterocycles. The summed E-state index contributed by atoms with van der Waals surface area (Å²) in [6, 6.07) is 17.3. The molecule has 0 unspecified atom stereocenters. The number of anilines is 1. The Labute approximate surface area is 197 Å². The molecule has 1 fully saturated rings. The van der Waals surface area contributed by atoms with E-state index in [-0.39, 0.29) is 17.5 Å². The molecular formula is C26H37N5O2. The third-order valence-electron chi connectivity index (χ3n) is 5.54. The van der Waals surface area contributed by atoms with E-state index in [2.05, 4.69) is 56.1 Å². The number of piperazine rings is 1. The van der Waals surface area contributed by atoms with Gasteiger partial charge in [0.2, 0.25) is 0 Å². The fraction of sp³-hybridized carbons (Fsp3) is 0.462. The van der Waals surface area contributed by atoms with E-state index in [9.17, 15) is 9.59 Å². The van der Waals surface area contributed by atoms with Crippen LogP contribution in [0, 0.1) is 0 Å². The molecule has 178 valence electrons. The molecule has 0 saturated carbocycles. The SMILES string of the molecule is CC(C)(C)NC(=O)c1ccc(NC(=O)NCCCN2CCN(Cc3ccccc3)CC2)cc1. The van der Waals surface area contributed by atoms with Crippen LogP contribution < -0.4 is 16.0 Å². The zero-order valence-electron chi connectivity index (χ0n) is 20.1. The molecule has 2 aromatic carbocycles. The van der Waals surface area contributed by atoms with E-state index in [1.807, 2.05) is 20.8 Å². The highest BCUT2D eigenvalue weighted by Gasteiger charge is 2.17. The van der Waals surface area contributed by atoms with E-state index in [1.54, 1.807) is 24.3 Å². The van der Waals surface area contributed by atoms with E-state index >= 15 is 0 Å². The lowest BCUT2D eigenvalue weighted by atomic mass is 10.1. The maximum absolute atomic E-state index is 12.2. The number of carbonyl (C=O) groups excluding carboxylic acids is 2. The van der Waals surface area contributed by atoms with Crippen molar-refractivity contribution in [1.82, 2.24) is 20.4 Å². The summed E-state index contributed by atoms with van der Waals surface area (Å²) >= 11 is 0. The molecule has 0 aromatic heterocycles. The molecule has 7 nitrogen and oxygen atoms in total. The summed E-state index contributed by atoms with van der Waals surface area (Å²) < 4.78 is 0. The second kappa shape index (κ2) is 11.8. The van der Waals surface area contributed by atoms with Gasteiger partial charge in [-0.05, 0) is 63.6 Å². The zero-order valence-corrected chi connectivity index (χ0v) is 20.1. The molecule has 1 heterocycles. The first-order valence-corrected chi connectivity index (χ1v) is 11.7. The van der Waals surface area contributed by atoms with Crippen LogP contribution in [-0.2, 0) is 6.54 Å². The van der Waals surface area contributed by atoms with Crippen LogP contribution in [0.15, 0.2) is 54.6 Å². The second-order valence-corrected chi connectivity index (χ2v) is 9.62. The molecule has 0 atom stereocenters. The molecule has 1 aliphatic heterocycles. The Hall–Kier alpha value is -2.90. The van der Waals surface area contributed by atoms with Crippen LogP contribution in [0.3, 0.4) is 0 Å². The first-order chi connectivity index (χ1) is 15.8. The summed E-state index contributed by atoms with van der Waals surface area (Å²) in [5.74, 6) is -0.126. The fourth-order valence-corrected chi connectivity index (χ4v) is 3.81. The number of nitrogens with zero attached hydrogens (tertiary/aromatic N) is 2. The van der Waals surface area contributed by atoms with Gasteiger partial charge in [0.25, 0.3) is 5.91 Å². The summed E-state index contributed by atoms with van der Waals surface area (Å²) in [7, 11) is 0. The number of rotatable bonds is 8. The van der Waals surface area contributed by atoms with Gasteiger partial charge in [-0.25, -0.2) is 4.79 Å². The lowest BCUT2D eigenvalue weighted by Gasteiger charge is -2.34. The number of hydrogen-bond acceptors (Lipinski definition) is 4. The molecule has 0 spiro atoms. The van der Waals surface area contributed by atoms with Crippen LogP contribution >= 0.6 is 0 Å². The highest BCUT2D eigenvalue weighted by Crippen LogP contribution is 2.11. The zero-order chi connectivity index (χ0) is 23.7. The maximum atomic E-state index is 12.2. The third-order valence-corrected chi connectivity index (χ3v) is 5.54. The van der Waals surface area contributed by atoms with Gasteiger partial charge in [0, 0.05) is 56.1 Å². The van der Waals surface area contributed by atoms with Gasteiger partial charge in [-0.15, -0.1) is 0 Å². The van der Waals surface area contributed by atoms with Crippen molar-refractivity contribution in [3.63, 3.8) is 0 Å². The Bertz CT molecular complexity index is 885. The van der Waals surface area contributed by atoms with Crippen molar-refractivity contribution >= 4 is 17.6 Å². The predicted molar refractivity (Wildman–Crippen MR) is 133 cm³/mol. The maximum Gasteiger partial charge on any atom is 0.319 e. The van der Waals surface area contributed by atoms with Crippen LogP contribution in [0.1, 0.15) is 43.1 Å². The Morgan fingerprint density at radius 2 is 1.52 bits per heavy atom.